The molecule has 0 amide bonds. The fourth-order valence-corrected chi connectivity index (χ4v) is 9.99. The average Bonchev–Trinajstić information content (AvgIpc) is 3.05. The fourth-order valence-electron chi connectivity index (χ4n) is 4.78. The molecule has 1 rings (SSSR count). The molecule has 2 radical (unpaired) electrons. The molecule has 16 heteroatoms. The maximum Gasteiger partial charge on any atom is 0.300 e. The van der Waals surface area contributed by atoms with E-state index in [4.69, 9.17) is 30.6 Å². The first kappa shape index (κ1) is 42.3. The number of nitrogens with zero attached hydrogens (tertiary/aromatic N) is 2. The van der Waals surface area contributed by atoms with Gasteiger partial charge in [-0.05, 0) is 72.5 Å². The van der Waals surface area contributed by atoms with Crippen molar-refractivity contribution >= 4 is 39.2 Å². The molecule has 0 aromatic rings. The Balaban J connectivity index is 3.96. The molecule has 0 aliphatic carbocycles. The molecular formula is C28H56BF2N2O7P3Si. The fraction of sp³-hybridized carbons (Fsp3) is 0.964. The predicted molar refractivity (Wildman–Crippen MR) is 179 cm³/mol. The monoisotopic (exact) mass is 702 g/mol. The van der Waals surface area contributed by atoms with Crippen molar-refractivity contribution in [3.63, 3.8) is 0 Å². The number of nitriles is 1. The van der Waals surface area contributed by atoms with Crippen LogP contribution in [0, 0.1) is 11.3 Å². The van der Waals surface area contributed by atoms with Crippen molar-refractivity contribution in [1.82, 2.24) is 4.67 Å². The second kappa shape index (κ2) is 16.1. The Kier molecular flexibility index (Phi) is 15.5. The molecule has 1 aliphatic heterocycles. The molecule has 0 N–H and O–H groups in total. The van der Waals surface area contributed by atoms with E-state index in [0.29, 0.717) is 0 Å². The Hall–Kier alpha value is 0.282. The molecule has 1 aliphatic rings. The van der Waals surface area contributed by atoms with E-state index in [9.17, 15) is 14.4 Å². The molecule has 0 saturated carbocycles. The minimum Gasteiger partial charge on any atom is -0.409 e. The van der Waals surface area contributed by atoms with Crippen molar-refractivity contribution in [2.24, 2.45) is 0 Å². The van der Waals surface area contributed by atoms with E-state index in [0.717, 1.165) is 13.3 Å². The maximum absolute atomic E-state index is 15.9. The van der Waals surface area contributed by atoms with Crippen molar-refractivity contribution in [1.29, 1.82) is 5.26 Å². The van der Waals surface area contributed by atoms with Crippen LogP contribution >= 0.6 is 23.0 Å². The Morgan fingerprint density at radius 3 is 2.11 bits per heavy atom. The van der Waals surface area contributed by atoms with Gasteiger partial charge in [0.2, 0.25) is 0 Å². The highest BCUT2D eigenvalue weighted by Crippen LogP contribution is 2.62. The van der Waals surface area contributed by atoms with Crippen LogP contribution in [-0.2, 0) is 31.9 Å². The Bertz CT molecular complexity index is 1060. The smallest absolute Gasteiger partial charge is 0.300 e. The first-order valence-electron chi connectivity index (χ1n) is 15.3. The summed E-state index contributed by atoms with van der Waals surface area (Å²) in [5.74, 6) is 0. The molecule has 1 heterocycles. The lowest BCUT2D eigenvalue weighted by molar-refractivity contribution is -0.108. The second-order valence-corrected chi connectivity index (χ2v) is 26.4. The van der Waals surface area contributed by atoms with Crippen LogP contribution < -0.4 is 0 Å². The van der Waals surface area contributed by atoms with Gasteiger partial charge in [-0.25, -0.2) is 4.67 Å². The molecule has 0 aromatic heterocycles. The van der Waals surface area contributed by atoms with Gasteiger partial charge in [0.25, 0.3) is 14.2 Å². The standard InChI is InChI=1S/C28H56BF2N2O7P3Si/c1-14-37-43(11,35)19-16-27(20-28(30,31)42(9,10)34)24(23(25(29)38-27)40-44(12,13)26(6,7)8)39-41(36-18-15-17-32)33(21(2)3)22(4)5/h21-25H,14-16,18-20H2,1-13H3/t23?,24-,25-,27-,41?,43?/m1/s1. The number of alkyl halides is 2. The van der Waals surface area contributed by atoms with Gasteiger partial charge >= 0.3 is 0 Å². The third-order valence-electron chi connectivity index (χ3n) is 8.26. The highest BCUT2D eigenvalue weighted by molar-refractivity contribution is 7.63. The summed E-state index contributed by atoms with van der Waals surface area (Å²) in [4.78, 5) is 0. The minimum atomic E-state index is -4.00. The van der Waals surface area contributed by atoms with E-state index in [2.05, 4.69) is 26.8 Å². The van der Waals surface area contributed by atoms with E-state index < -0.39 is 67.3 Å². The Labute approximate surface area is 269 Å². The Morgan fingerprint density at radius 1 is 1.14 bits per heavy atom. The molecular weight excluding hydrogens is 646 g/mol. The van der Waals surface area contributed by atoms with Gasteiger partial charge in [0, 0.05) is 30.9 Å². The van der Waals surface area contributed by atoms with Crippen molar-refractivity contribution in [3.8, 4) is 6.07 Å². The van der Waals surface area contributed by atoms with Gasteiger partial charge in [0.15, 0.2) is 15.7 Å². The highest BCUT2D eigenvalue weighted by atomic mass is 31.2. The Morgan fingerprint density at radius 2 is 1.68 bits per heavy atom. The van der Waals surface area contributed by atoms with Crippen LogP contribution in [0.5, 0.6) is 0 Å². The number of rotatable bonds is 18. The number of hydrogen-bond acceptors (Lipinski definition) is 9. The van der Waals surface area contributed by atoms with Crippen LogP contribution in [0.1, 0.15) is 74.7 Å². The van der Waals surface area contributed by atoms with Crippen LogP contribution in [0.2, 0.25) is 18.1 Å². The summed E-state index contributed by atoms with van der Waals surface area (Å²) in [6, 6.07) is 0.738. The topological polar surface area (TPSA) is 107 Å². The van der Waals surface area contributed by atoms with E-state index in [-0.39, 0.29) is 49.3 Å². The summed E-state index contributed by atoms with van der Waals surface area (Å²) < 4.78 is 91.6. The van der Waals surface area contributed by atoms with E-state index in [1.807, 2.05) is 45.5 Å². The second-order valence-electron chi connectivity index (χ2n) is 14.2. The van der Waals surface area contributed by atoms with E-state index >= 15 is 8.78 Å². The third-order valence-corrected chi connectivity index (χ3v) is 18.4. The van der Waals surface area contributed by atoms with Crippen LogP contribution in [0.15, 0.2) is 0 Å². The molecule has 256 valence electrons. The van der Waals surface area contributed by atoms with E-state index in [1.165, 1.54) is 6.66 Å². The zero-order chi connectivity index (χ0) is 34.5. The molecule has 1 saturated heterocycles. The highest BCUT2D eigenvalue weighted by Gasteiger charge is 2.63. The summed E-state index contributed by atoms with van der Waals surface area (Å²) in [5.41, 5.74) is -5.51. The first-order chi connectivity index (χ1) is 19.8. The molecule has 3 unspecified atom stereocenters. The molecule has 6 atom stereocenters. The van der Waals surface area contributed by atoms with Crippen molar-refractivity contribution in [3.05, 3.63) is 0 Å². The summed E-state index contributed by atoms with van der Waals surface area (Å²) in [6.45, 7) is 23.5. The lowest BCUT2D eigenvalue weighted by Gasteiger charge is -2.45. The van der Waals surface area contributed by atoms with Gasteiger partial charge in [0.05, 0.1) is 38.2 Å². The summed E-state index contributed by atoms with van der Waals surface area (Å²) in [7, 11) is -5.15. The van der Waals surface area contributed by atoms with Crippen LogP contribution in [0.3, 0.4) is 0 Å². The summed E-state index contributed by atoms with van der Waals surface area (Å²) in [6.07, 6.45) is -3.36. The van der Waals surface area contributed by atoms with Gasteiger partial charge in [-0.1, -0.05) is 20.8 Å². The third kappa shape index (κ3) is 11.2. The maximum atomic E-state index is 15.9. The SMILES string of the molecule is [B][C@@H]1O[C@](CCP(C)(=O)OCC)(CC(F)(F)P(C)(C)=O)[C@H](OP(OCCC#N)N(C(C)C)C(C)C)C1O[Si](C)(C)C(C)(C)C. The van der Waals surface area contributed by atoms with Gasteiger partial charge in [-0.2, -0.15) is 14.0 Å². The molecule has 44 heavy (non-hydrogen) atoms. The van der Waals surface area contributed by atoms with Gasteiger partial charge < -0.3 is 27.3 Å². The van der Waals surface area contributed by atoms with Gasteiger partial charge in [-0.3, -0.25) is 4.57 Å². The number of halogens is 2. The van der Waals surface area contributed by atoms with Crippen molar-refractivity contribution < 1.29 is 40.6 Å². The normalized spacial score (nSPS) is 25.9. The summed E-state index contributed by atoms with van der Waals surface area (Å²) in [5, 5.41) is 8.94. The zero-order valence-electron chi connectivity index (χ0n) is 29.1. The quantitative estimate of drug-likeness (QED) is 0.0793. The lowest BCUT2D eigenvalue weighted by Crippen LogP contribution is -2.53. The average molecular weight is 703 g/mol. The zero-order valence-corrected chi connectivity index (χ0v) is 32.7. The lowest BCUT2D eigenvalue weighted by atomic mass is 9.86. The molecule has 0 spiro atoms. The molecule has 9 nitrogen and oxygen atoms in total. The van der Waals surface area contributed by atoms with E-state index in [1.54, 1.807) is 6.92 Å². The van der Waals surface area contributed by atoms with Crippen LogP contribution in [-0.4, -0.2) is 102 Å². The van der Waals surface area contributed by atoms with Crippen molar-refractivity contribution in [2.75, 3.05) is 39.4 Å². The van der Waals surface area contributed by atoms with Crippen LogP contribution in [0.4, 0.5) is 8.78 Å². The molecule has 0 aromatic carbocycles. The molecule has 0 bridgehead atoms. The van der Waals surface area contributed by atoms with Gasteiger partial charge in [-0.15, -0.1) is 0 Å². The number of ether oxygens (including phenoxy) is 1. The predicted octanol–water partition coefficient (Wildman–Crippen LogP) is 8.24. The first-order valence-corrected chi connectivity index (χ1v) is 24.2. The summed E-state index contributed by atoms with van der Waals surface area (Å²) >= 11 is 0. The number of hydrogen-bond donors (Lipinski definition) is 0. The van der Waals surface area contributed by atoms with Crippen LogP contribution in [0.25, 0.3) is 0 Å². The minimum absolute atomic E-state index is 0.0579. The largest absolute Gasteiger partial charge is 0.409 e. The van der Waals surface area contributed by atoms with Gasteiger partial charge in [0.1, 0.15) is 26.7 Å². The molecule has 1 fully saturated rings. The van der Waals surface area contributed by atoms with Crippen molar-refractivity contribution in [2.45, 2.75) is 134 Å².